The SMILES string of the molecule is COc1cccc(C=CC(=O)Nc2cc(C(=O)O)[nH]n2)c1. The molecule has 1 amide bonds. The number of carbonyl (C=O) groups excluding carboxylic acids is 1. The smallest absolute Gasteiger partial charge is 0.353 e. The lowest BCUT2D eigenvalue weighted by molar-refractivity contribution is -0.111. The van der Waals surface area contributed by atoms with Gasteiger partial charge in [-0.2, -0.15) is 5.10 Å². The van der Waals surface area contributed by atoms with E-state index in [0.29, 0.717) is 5.75 Å². The van der Waals surface area contributed by atoms with Crippen LogP contribution in [0.2, 0.25) is 0 Å². The average Bonchev–Trinajstić information content (AvgIpc) is 2.94. The molecule has 0 aliphatic heterocycles. The number of ether oxygens (including phenoxy) is 1. The van der Waals surface area contributed by atoms with Gasteiger partial charge in [0.2, 0.25) is 5.91 Å². The molecule has 0 saturated carbocycles. The molecular weight excluding hydrogens is 274 g/mol. The summed E-state index contributed by atoms with van der Waals surface area (Å²) in [6.45, 7) is 0. The number of carboxylic acids is 1. The number of nitrogens with zero attached hydrogens (tertiary/aromatic N) is 1. The lowest BCUT2D eigenvalue weighted by Gasteiger charge is -2.00. The Labute approximate surface area is 120 Å². The molecule has 0 saturated heterocycles. The molecule has 108 valence electrons. The zero-order valence-electron chi connectivity index (χ0n) is 11.2. The molecule has 2 rings (SSSR count). The minimum Gasteiger partial charge on any atom is -0.497 e. The fraction of sp³-hybridized carbons (Fsp3) is 0.0714. The van der Waals surface area contributed by atoms with Crippen LogP contribution in [0.3, 0.4) is 0 Å². The number of nitrogens with one attached hydrogen (secondary N) is 2. The highest BCUT2D eigenvalue weighted by molar-refractivity contribution is 6.01. The summed E-state index contributed by atoms with van der Waals surface area (Å²) in [7, 11) is 1.56. The molecule has 7 heteroatoms. The topological polar surface area (TPSA) is 104 Å². The van der Waals surface area contributed by atoms with E-state index in [1.165, 1.54) is 12.1 Å². The summed E-state index contributed by atoms with van der Waals surface area (Å²) in [5, 5.41) is 17.1. The minimum atomic E-state index is -1.14. The van der Waals surface area contributed by atoms with Gasteiger partial charge in [-0.25, -0.2) is 4.79 Å². The van der Waals surface area contributed by atoms with Gasteiger partial charge in [-0.15, -0.1) is 0 Å². The van der Waals surface area contributed by atoms with E-state index in [4.69, 9.17) is 9.84 Å². The number of aromatic carboxylic acids is 1. The molecule has 0 aliphatic rings. The van der Waals surface area contributed by atoms with Crippen molar-refractivity contribution in [1.29, 1.82) is 0 Å². The van der Waals surface area contributed by atoms with Gasteiger partial charge < -0.3 is 15.2 Å². The first-order valence-electron chi connectivity index (χ1n) is 6.00. The number of anilines is 1. The number of hydrogen-bond donors (Lipinski definition) is 3. The number of methoxy groups -OCH3 is 1. The normalized spacial score (nSPS) is 10.5. The first kappa shape index (κ1) is 14.3. The Bertz CT molecular complexity index is 691. The summed E-state index contributed by atoms with van der Waals surface area (Å²) in [6.07, 6.45) is 2.94. The van der Waals surface area contributed by atoms with Crippen molar-refractivity contribution in [3.63, 3.8) is 0 Å². The quantitative estimate of drug-likeness (QED) is 0.727. The van der Waals surface area contributed by atoms with Gasteiger partial charge in [0.1, 0.15) is 11.4 Å². The number of hydrogen-bond acceptors (Lipinski definition) is 4. The predicted molar refractivity (Wildman–Crippen MR) is 76.2 cm³/mol. The summed E-state index contributed by atoms with van der Waals surface area (Å²) in [6, 6.07) is 8.45. The van der Waals surface area contributed by atoms with Crippen LogP contribution in [0.4, 0.5) is 5.82 Å². The van der Waals surface area contributed by atoms with E-state index < -0.39 is 11.9 Å². The van der Waals surface area contributed by atoms with Gasteiger partial charge in [0, 0.05) is 12.1 Å². The Kier molecular flexibility index (Phi) is 4.35. The first-order valence-corrected chi connectivity index (χ1v) is 6.00. The molecular formula is C14H13N3O4. The Morgan fingerprint density at radius 3 is 2.86 bits per heavy atom. The first-order chi connectivity index (χ1) is 10.1. The van der Waals surface area contributed by atoms with Gasteiger partial charge in [0.15, 0.2) is 5.82 Å². The van der Waals surface area contributed by atoms with E-state index in [0.717, 1.165) is 5.56 Å². The van der Waals surface area contributed by atoms with Crippen molar-refractivity contribution in [3.05, 3.63) is 47.7 Å². The molecule has 0 radical (unpaired) electrons. The fourth-order valence-electron chi connectivity index (χ4n) is 1.58. The van der Waals surface area contributed by atoms with Gasteiger partial charge in [-0.05, 0) is 23.8 Å². The third-order valence-corrected chi connectivity index (χ3v) is 2.58. The van der Waals surface area contributed by atoms with E-state index >= 15 is 0 Å². The van der Waals surface area contributed by atoms with Crippen molar-refractivity contribution in [2.24, 2.45) is 0 Å². The molecule has 7 nitrogen and oxygen atoms in total. The molecule has 0 fully saturated rings. The molecule has 0 aliphatic carbocycles. The van der Waals surface area contributed by atoms with Gasteiger partial charge >= 0.3 is 5.97 Å². The highest BCUT2D eigenvalue weighted by Crippen LogP contribution is 2.13. The van der Waals surface area contributed by atoms with Crippen LogP contribution in [0.25, 0.3) is 6.08 Å². The molecule has 3 N–H and O–H groups in total. The van der Waals surface area contributed by atoms with Crippen molar-refractivity contribution in [2.45, 2.75) is 0 Å². The summed E-state index contributed by atoms with van der Waals surface area (Å²) in [4.78, 5) is 22.4. The van der Waals surface area contributed by atoms with Crippen LogP contribution in [-0.4, -0.2) is 34.3 Å². The maximum absolute atomic E-state index is 11.7. The second kappa shape index (κ2) is 6.38. The number of rotatable bonds is 5. The van der Waals surface area contributed by atoms with Gasteiger partial charge in [0.05, 0.1) is 7.11 Å². The predicted octanol–water partition coefficient (Wildman–Crippen LogP) is 1.77. The van der Waals surface area contributed by atoms with Crippen LogP contribution in [0.1, 0.15) is 16.1 Å². The summed E-state index contributed by atoms with van der Waals surface area (Å²) in [5.74, 6) is -0.722. The Morgan fingerprint density at radius 2 is 2.19 bits per heavy atom. The van der Waals surface area contributed by atoms with E-state index in [-0.39, 0.29) is 11.5 Å². The van der Waals surface area contributed by atoms with Crippen molar-refractivity contribution < 1.29 is 19.4 Å². The number of carboxylic acid groups (broad SMARTS) is 1. The van der Waals surface area contributed by atoms with Crippen molar-refractivity contribution >= 4 is 23.8 Å². The number of H-pyrrole nitrogens is 1. The molecule has 0 spiro atoms. The molecule has 1 aromatic carbocycles. The van der Waals surface area contributed by atoms with Crippen LogP contribution in [0, 0.1) is 0 Å². The zero-order chi connectivity index (χ0) is 15.2. The molecule has 1 aromatic heterocycles. The zero-order valence-corrected chi connectivity index (χ0v) is 11.2. The van der Waals surface area contributed by atoms with E-state index in [9.17, 15) is 9.59 Å². The Balaban J connectivity index is 2.00. The fourth-order valence-corrected chi connectivity index (χ4v) is 1.58. The standard InChI is InChI=1S/C14H13N3O4/c1-21-10-4-2-3-9(7-10)5-6-13(18)15-12-8-11(14(19)20)16-17-12/h2-8H,1H3,(H,19,20)(H2,15,16,17,18). The maximum Gasteiger partial charge on any atom is 0.353 e. The number of carbonyl (C=O) groups is 2. The second-order valence-electron chi connectivity index (χ2n) is 4.07. The molecule has 0 unspecified atom stereocenters. The maximum atomic E-state index is 11.7. The highest BCUT2D eigenvalue weighted by atomic mass is 16.5. The van der Waals surface area contributed by atoms with Gasteiger partial charge in [-0.3, -0.25) is 9.89 Å². The number of amides is 1. The Morgan fingerprint density at radius 1 is 1.38 bits per heavy atom. The van der Waals surface area contributed by atoms with Crippen LogP contribution in [-0.2, 0) is 4.79 Å². The van der Waals surface area contributed by atoms with Gasteiger partial charge in [-0.1, -0.05) is 12.1 Å². The summed E-state index contributed by atoms with van der Waals surface area (Å²) in [5.41, 5.74) is 0.708. The lowest BCUT2D eigenvalue weighted by Crippen LogP contribution is -2.07. The molecule has 21 heavy (non-hydrogen) atoms. The van der Waals surface area contributed by atoms with Crippen molar-refractivity contribution in [3.8, 4) is 5.75 Å². The van der Waals surface area contributed by atoms with Gasteiger partial charge in [0.25, 0.3) is 0 Å². The molecule has 0 atom stereocenters. The van der Waals surface area contributed by atoms with Crippen LogP contribution in [0.15, 0.2) is 36.4 Å². The number of aromatic amines is 1. The highest BCUT2D eigenvalue weighted by Gasteiger charge is 2.08. The van der Waals surface area contributed by atoms with E-state index in [2.05, 4.69) is 15.5 Å². The van der Waals surface area contributed by atoms with Crippen LogP contribution in [0.5, 0.6) is 5.75 Å². The number of benzene rings is 1. The van der Waals surface area contributed by atoms with Crippen molar-refractivity contribution in [2.75, 3.05) is 12.4 Å². The van der Waals surface area contributed by atoms with E-state index in [1.807, 2.05) is 12.1 Å². The summed E-state index contributed by atoms with van der Waals surface area (Å²) >= 11 is 0. The average molecular weight is 287 g/mol. The molecule has 1 heterocycles. The third kappa shape index (κ3) is 3.93. The molecule has 0 bridgehead atoms. The number of aromatic nitrogens is 2. The Hall–Kier alpha value is -3.09. The minimum absolute atomic E-state index is 0.0953. The lowest BCUT2D eigenvalue weighted by atomic mass is 10.2. The molecule has 2 aromatic rings. The van der Waals surface area contributed by atoms with Crippen molar-refractivity contribution in [1.82, 2.24) is 10.2 Å². The van der Waals surface area contributed by atoms with E-state index in [1.54, 1.807) is 25.3 Å². The van der Waals surface area contributed by atoms with Crippen LogP contribution < -0.4 is 10.1 Å². The third-order valence-electron chi connectivity index (χ3n) is 2.58. The summed E-state index contributed by atoms with van der Waals surface area (Å²) < 4.78 is 5.08. The monoisotopic (exact) mass is 287 g/mol. The second-order valence-corrected chi connectivity index (χ2v) is 4.07. The largest absolute Gasteiger partial charge is 0.497 e. The van der Waals surface area contributed by atoms with Crippen LogP contribution >= 0.6 is 0 Å².